The van der Waals surface area contributed by atoms with Crippen LogP contribution in [-0.2, 0) is 4.74 Å². The number of hydrogen-bond acceptors (Lipinski definition) is 3. The molecule has 0 aromatic carbocycles. The number of hydrogen-bond donors (Lipinski definition) is 1. The van der Waals surface area contributed by atoms with Crippen molar-refractivity contribution in [2.75, 3.05) is 13.2 Å². The SMILES string of the molecule is C/C=C(\N=CCOCC(F)(F)F)C(C)N. The maximum absolute atomic E-state index is 11.6. The largest absolute Gasteiger partial charge is 0.411 e. The van der Waals surface area contributed by atoms with E-state index in [1.54, 1.807) is 19.9 Å². The summed E-state index contributed by atoms with van der Waals surface area (Å²) in [4.78, 5) is 3.88. The van der Waals surface area contributed by atoms with E-state index >= 15 is 0 Å². The number of ether oxygens (including phenoxy) is 1. The van der Waals surface area contributed by atoms with Gasteiger partial charge in [-0.05, 0) is 13.8 Å². The minimum atomic E-state index is -4.29. The van der Waals surface area contributed by atoms with Crippen LogP contribution in [0.15, 0.2) is 16.8 Å². The average Bonchev–Trinajstić information content (AvgIpc) is 2.08. The van der Waals surface area contributed by atoms with Gasteiger partial charge in [0.15, 0.2) is 0 Å². The Morgan fingerprint density at radius 3 is 2.53 bits per heavy atom. The summed E-state index contributed by atoms with van der Waals surface area (Å²) in [5.41, 5.74) is 6.14. The minimum Gasteiger partial charge on any atom is -0.366 e. The first-order chi connectivity index (χ1) is 6.87. The summed E-state index contributed by atoms with van der Waals surface area (Å²) in [6.07, 6.45) is -1.33. The lowest BCUT2D eigenvalue weighted by Crippen LogP contribution is -2.18. The molecule has 6 heteroatoms. The molecule has 0 aliphatic heterocycles. The zero-order chi connectivity index (χ0) is 11.9. The zero-order valence-corrected chi connectivity index (χ0v) is 8.71. The number of alkyl halides is 3. The Hall–Kier alpha value is -0.880. The van der Waals surface area contributed by atoms with E-state index in [1.807, 2.05) is 0 Å². The Bertz CT molecular complexity index is 234. The van der Waals surface area contributed by atoms with Crippen molar-refractivity contribution in [3.63, 3.8) is 0 Å². The number of aliphatic imine (C=N–C) groups is 1. The maximum Gasteiger partial charge on any atom is 0.411 e. The van der Waals surface area contributed by atoms with Gasteiger partial charge in [-0.15, -0.1) is 0 Å². The molecule has 15 heavy (non-hydrogen) atoms. The molecule has 0 amide bonds. The molecular formula is C9H15F3N2O. The monoisotopic (exact) mass is 224 g/mol. The van der Waals surface area contributed by atoms with Gasteiger partial charge in [0.05, 0.1) is 12.3 Å². The van der Waals surface area contributed by atoms with Crippen LogP contribution in [0.4, 0.5) is 13.2 Å². The molecule has 0 aromatic rings. The van der Waals surface area contributed by atoms with Gasteiger partial charge in [0.2, 0.25) is 0 Å². The van der Waals surface area contributed by atoms with E-state index in [0.717, 1.165) is 0 Å². The third kappa shape index (κ3) is 8.14. The fourth-order valence-electron chi connectivity index (χ4n) is 0.825. The molecule has 0 heterocycles. The summed E-state index contributed by atoms with van der Waals surface area (Å²) in [6, 6.07) is -0.242. The molecule has 0 aliphatic rings. The highest BCUT2D eigenvalue weighted by Crippen LogP contribution is 2.13. The summed E-state index contributed by atoms with van der Waals surface area (Å²) >= 11 is 0. The normalized spacial score (nSPS) is 16.0. The van der Waals surface area contributed by atoms with Crippen LogP contribution in [0.1, 0.15) is 13.8 Å². The molecule has 0 fully saturated rings. The highest BCUT2D eigenvalue weighted by Gasteiger charge is 2.26. The van der Waals surface area contributed by atoms with Crippen molar-refractivity contribution in [3.05, 3.63) is 11.8 Å². The summed E-state index contributed by atoms with van der Waals surface area (Å²) in [5, 5.41) is 0. The standard InChI is InChI=1S/C9H15F3N2O/c1-3-8(7(2)13)14-4-5-15-6-9(10,11)12/h3-4,7H,5-6,13H2,1-2H3/b8-3-,14-4?. The molecule has 2 N–H and O–H groups in total. The van der Waals surface area contributed by atoms with Gasteiger partial charge in [-0.1, -0.05) is 6.08 Å². The molecule has 0 aliphatic carbocycles. The van der Waals surface area contributed by atoms with Gasteiger partial charge in [-0.3, -0.25) is 4.99 Å². The van der Waals surface area contributed by atoms with Crippen molar-refractivity contribution in [2.45, 2.75) is 26.1 Å². The number of nitrogens with two attached hydrogens (primary N) is 1. The second-order valence-corrected chi connectivity index (χ2v) is 2.94. The second-order valence-electron chi connectivity index (χ2n) is 2.94. The molecule has 0 rings (SSSR count). The van der Waals surface area contributed by atoms with Gasteiger partial charge in [0.25, 0.3) is 0 Å². The van der Waals surface area contributed by atoms with Gasteiger partial charge in [0, 0.05) is 12.3 Å². The first kappa shape index (κ1) is 14.1. The smallest absolute Gasteiger partial charge is 0.366 e. The highest BCUT2D eigenvalue weighted by molar-refractivity contribution is 5.60. The van der Waals surface area contributed by atoms with Crippen LogP contribution in [0.3, 0.4) is 0 Å². The van der Waals surface area contributed by atoms with Crippen molar-refractivity contribution < 1.29 is 17.9 Å². The zero-order valence-electron chi connectivity index (χ0n) is 8.71. The molecule has 0 saturated heterocycles. The average molecular weight is 224 g/mol. The molecular weight excluding hydrogens is 209 g/mol. The van der Waals surface area contributed by atoms with Gasteiger partial charge in [-0.2, -0.15) is 13.2 Å². The van der Waals surface area contributed by atoms with Crippen LogP contribution in [0.25, 0.3) is 0 Å². The predicted molar refractivity (Wildman–Crippen MR) is 52.8 cm³/mol. The molecule has 88 valence electrons. The van der Waals surface area contributed by atoms with Crippen LogP contribution in [0.5, 0.6) is 0 Å². The van der Waals surface area contributed by atoms with Crippen LogP contribution in [0.2, 0.25) is 0 Å². The molecule has 1 unspecified atom stereocenters. The van der Waals surface area contributed by atoms with Crippen LogP contribution >= 0.6 is 0 Å². The minimum absolute atomic E-state index is 0.177. The fourth-order valence-corrected chi connectivity index (χ4v) is 0.825. The van der Waals surface area contributed by atoms with E-state index in [9.17, 15) is 13.2 Å². The number of rotatable bonds is 5. The summed E-state index contributed by atoms with van der Waals surface area (Å²) in [7, 11) is 0. The van der Waals surface area contributed by atoms with E-state index < -0.39 is 12.8 Å². The number of allylic oxidation sites excluding steroid dienone is 1. The first-order valence-corrected chi connectivity index (χ1v) is 4.45. The third-order valence-corrected chi connectivity index (χ3v) is 1.46. The lowest BCUT2D eigenvalue weighted by Gasteiger charge is -2.06. The quantitative estimate of drug-likeness (QED) is 0.572. The predicted octanol–water partition coefficient (Wildman–Crippen LogP) is 1.89. The molecule has 0 aromatic heterocycles. The summed E-state index contributed by atoms with van der Waals surface area (Å²) < 4.78 is 39.2. The third-order valence-electron chi connectivity index (χ3n) is 1.46. The Balaban J connectivity index is 3.81. The van der Waals surface area contributed by atoms with E-state index in [0.29, 0.717) is 5.70 Å². The molecule has 1 atom stereocenters. The van der Waals surface area contributed by atoms with Gasteiger partial charge in [0.1, 0.15) is 6.61 Å². The van der Waals surface area contributed by atoms with Crippen molar-refractivity contribution in [1.82, 2.24) is 0 Å². The molecule has 3 nitrogen and oxygen atoms in total. The topological polar surface area (TPSA) is 47.6 Å². The van der Waals surface area contributed by atoms with Crippen molar-refractivity contribution in [1.29, 1.82) is 0 Å². The Morgan fingerprint density at radius 1 is 1.53 bits per heavy atom. The highest BCUT2D eigenvalue weighted by atomic mass is 19.4. The Kier molecular flexibility index (Phi) is 6.19. The summed E-state index contributed by atoms with van der Waals surface area (Å²) in [5.74, 6) is 0. The molecule has 0 bridgehead atoms. The lowest BCUT2D eigenvalue weighted by atomic mass is 10.2. The van der Waals surface area contributed by atoms with Crippen LogP contribution in [-0.4, -0.2) is 31.6 Å². The number of halogens is 3. The molecule has 0 saturated carbocycles. The number of nitrogens with zero attached hydrogens (tertiary/aromatic N) is 1. The van der Waals surface area contributed by atoms with Crippen molar-refractivity contribution in [2.24, 2.45) is 10.7 Å². The van der Waals surface area contributed by atoms with Crippen molar-refractivity contribution in [3.8, 4) is 0 Å². The lowest BCUT2D eigenvalue weighted by molar-refractivity contribution is -0.169. The van der Waals surface area contributed by atoms with E-state index in [1.165, 1.54) is 6.21 Å². The molecule has 0 radical (unpaired) electrons. The van der Waals surface area contributed by atoms with Gasteiger partial charge < -0.3 is 10.5 Å². The molecule has 0 spiro atoms. The summed E-state index contributed by atoms with van der Waals surface area (Å²) in [6.45, 7) is 2.06. The van der Waals surface area contributed by atoms with Gasteiger partial charge >= 0.3 is 6.18 Å². The first-order valence-electron chi connectivity index (χ1n) is 4.45. The Labute approximate surface area is 86.8 Å². The second kappa shape index (κ2) is 6.58. The van der Waals surface area contributed by atoms with E-state index in [2.05, 4.69) is 9.73 Å². The van der Waals surface area contributed by atoms with E-state index in [-0.39, 0.29) is 12.6 Å². The van der Waals surface area contributed by atoms with Crippen molar-refractivity contribution >= 4 is 6.21 Å². The fraction of sp³-hybridized carbons (Fsp3) is 0.667. The van der Waals surface area contributed by atoms with E-state index in [4.69, 9.17) is 5.73 Å². The maximum atomic E-state index is 11.6. The van der Waals surface area contributed by atoms with Crippen LogP contribution in [0, 0.1) is 0 Å². The Morgan fingerprint density at radius 2 is 2.13 bits per heavy atom. The van der Waals surface area contributed by atoms with Gasteiger partial charge in [-0.25, -0.2) is 0 Å². The van der Waals surface area contributed by atoms with Crippen LogP contribution < -0.4 is 5.73 Å².